The van der Waals surface area contributed by atoms with Crippen LogP contribution in [0.25, 0.3) is 6.08 Å². The Morgan fingerprint density at radius 1 is 1.05 bits per heavy atom. The van der Waals surface area contributed by atoms with E-state index in [1.807, 2.05) is 0 Å². The summed E-state index contributed by atoms with van der Waals surface area (Å²) in [6, 6.07) is 18.7. The molecular weight excluding hydrogens is 563 g/mol. The normalized spacial score (nSPS) is 19.0. The fraction of sp³-hybridized carbons (Fsp3) is 0.290. The predicted octanol–water partition coefficient (Wildman–Crippen LogP) is 4.56. The van der Waals surface area contributed by atoms with E-state index < -0.39 is 12.4 Å². The highest BCUT2D eigenvalue weighted by molar-refractivity contribution is 6.03. The van der Waals surface area contributed by atoms with Crippen molar-refractivity contribution in [3.63, 3.8) is 0 Å². The highest BCUT2D eigenvalue weighted by Gasteiger charge is 2.38. The van der Waals surface area contributed by atoms with Crippen LogP contribution in [0, 0.1) is 0 Å². The summed E-state index contributed by atoms with van der Waals surface area (Å²) in [7, 11) is 0. The summed E-state index contributed by atoms with van der Waals surface area (Å²) in [6.45, 7) is 2.85. The Hall–Kier alpha value is -4.39. The second kappa shape index (κ2) is 13.3. The molecular formula is C31H32F3N5O4. The SMILES string of the molecule is Nc1ccccc1NC(=O)C=Cc1ccc(C(NCCN2C[C@@H]3C[C@H]2CO3)C(=O)Nc2ccc(OC(F)(F)F)cc2)cc1. The quantitative estimate of drug-likeness (QED) is 0.190. The number of carbonyl (C=O) groups is 2. The van der Waals surface area contributed by atoms with E-state index in [1.54, 1.807) is 54.6 Å². The van der Waals surface area contributed by atoms with E-state index in [4.69, 9.17) is 10.5 Å². The molecule has 2 aliphatic heterocycles. The number of nitrogen functional groups attached to an aromatic ring is 1. The Bertz CT molecular complexity index is 1450. The van der Waals surface area contributed by atoms with Gasteiger partial charge in [0.15, 0.2) is 0 Å². The number of anilines is 3. The summed E-state index contributed by atoms with van der Waals surface area (Å²) < 4.78 is 47.1. The first kappa shape index (κ1) is 30.1. The number of nitrogens with zero attached hydrogens (tertiary/aromatic N) is 1. The van der Waals surface area contributed by atoms with Crippen molar-refractivity contribution in [1.82, 2.24) is 10.2 Å². The van der Waals surface area contributed by atoms with E-state index in [-0.39, 0.29) is 23.7 Å². The predicted molar refractivity (Wildman–Crippen MR) is 157 cm³/mol. The van der Waals surface area contributed by atoms with E-state index in [0.29, 0.717) is 41.8 Å². The van der Waals surface area contributed by atoms with Crippen LogP contribution in [0.4, 0.5) is 30.2 Å². The number of ether oxygens (including phenoxy) is 2. The third-order valence-electron chi connectivity index (χ3n) is 7.29. The van der Waals surface area contributed by atoms with Crippen LogP contribution in [0.2, 0.25) is 0 Å². The number of fused-ring (bicyclic) bond motifs is 2. The summed E-state index contributed by atoms with van der Waals surface area (Å²) >= 11 is 0. The Kier molecular flexibility index (Phi) is 9.29. The van der Waals surface area contributed by atoms with Gasteiger partial charge in [0.1, 0.15) is 11.8 Å². The van der Waals surface area contributed by atoms with Gasteiger partial charge in [0.05, 0.1) is 24.1 Å². The molecule has 0 radical (unpaired) electrons. The summed E-state index contributed by atoms with van der Waals surface area (Å²) in [5.41, 5.74) is 8.60. The highest BCUT2D eigenvalue weighted by atomic mass is 19.4. The smallest absolute Gasteiger partial charge is 0.406 e. The molecule has 2 fully saturated rings. The van der Waals surface area contributed by atoms with Crippen LogP contribution in [-0.2, 0) is 14.3 Å². The lowest BCUT2D eigenvalue weighted by Crippen LogP contribution is -2.43. The number of nitrogens with two attached hydrogens (primary N) is 1. The van der Waals surface area contributed by atoms with Gasteiger partial charge in [-0.1, -0.05) is 36.4 Å². The molecule has 226 valence electrons. The molecule has 5 N–H and O–H groups in total. The molecule has 43 heavy (non-hydrogen) atoms. The minimum atomic E-state index is -4.80. The number of morpholine rings is 1. The van der Waals surface area contributed by atoms with E-state index in [2.05, 4.69) is 25.6 Å². The van der Waals surface area contributed by atoms with Gasteiger partial charge in [-0.05, 0) is 60.0 Å². The third kappa shape index (κ3) is 8.34. The molecule has 0 saturated carbocycles. The van der Waals surface area contributed by atoms with E-state index in [9.17, 15) is 22.8 Å². The molecule has 2 bridgehead atoms. The minimum Gasteiger partial charge on any atom is -0.406 e. The fourth-order valence-corrected chi connectivity index (χ4v) is 5.18. The number of benzene rings is 3. The van der Waals surface area contributed by atoms with Crippen LogP contribution in [0.5, 0.6) is 5.75 Å². The molecule has 2 amide bonds. The molecule has 3 aromatic rings. The Labute approximate surface area is 246 Å². The number of hydrogen-bond donors (Lipinski definition) is 4. The van der Waals surface area contributed by atoms with Gasteiger partial charge in [-0.3, -0.25) is 14.5 Å². The maximum atomic E-state index is 13.4. The maximum absolute atomic E-state index is 13.4. The summed E-state index contributed by atoms with van der Waals surface area (Å²) in [6.07, 6.45) is -0.480. The van der Waals surface area contributed by atoms with Crippen molar-refractivity contribution in [2.24, 2.45) is 0 Å². The van der Waals surface area contributed by atoms with Crippen LogP contribution >= 0.6 is 0 Å². The van der Waals surface area contributed by atoms with Gasteiger partial charge in [0, 0.05) is 37.4 Å². The largest absolute Gasteiger partial charge is 0.573 e. The highest BCUT2D eigenvalue weighted by Crippen LogP contribution is 2.28. The average Bonchev–Trinajstić information content (AvgIpc) is 3.60. The lowest BCUT2D eigenvalue weighted by atomic mass is 10.0. The van der Waals surface area contributed by atoms with Crippen LogP contribution in [0.3, 0.4) is 0 Å². The molecule has 0 aliphatic carbocycles. The van der Waals surface area contributed by atoms with Gasteiger partial charge >= 0.3 is 6.36 Å². The Morgan fingerprint density at radius 2 is 1.79 bits per heavy atom. The van der Waals surface area contributed by atoms with Gasteiger partial charge < -0.3 is 31.2 Å². The molecule has 2 aliphatic rings. The molecule has 2 heterocycles. The van der Waals surface area contributed by atoms with Crippen molar-refractivity contribution in [2.75, 3.05) is 42.6 Å². The van der Waals surface area contributed by atoms with Crippen molar-refractivity contribution < 1.29 is 32.2 Å². The van der Waals surface area contributed by atoms with E-state index in [1.165, 1.54) is 18.2 Å². The van der Waals surface area contributed by atoms with Crippen molar-refractivity contribution in [2.45, 2.75) is 31.0 Å². The Morgan fingerprint density at radius 3 is 2.44 bits per heavy atom. The van der Waals surface area contributed by atoms with Gasteiger partial charge in [-0.15, -0.1) is 13.2 Å². The van der Waals surface area contributed by atoms with Crippen LogP contribution in [0.15, 0.2) is 78.9 Å². The molecule has 1 unspecified atom stereocenters. The molecule has 3 atom stereocenters. The number of halogens is 3. The summed E-state index contributed by atoms with van der Waals surface area (Å²) in [5, 5.41) is 8.82. The van der Waals surface area contributed by atoms with Gasteiger partial charge in [-0.2, -0.15) is 0 Å². The zero-order valence-corrected chi connectivity index (χ0v) is 23.1. The lowest BCUT2D eigenvalue weighted by Gasteiger charge is -2.27. The number of nitrogens with one attached hydrogen (secondary N) is 3. The van der Waals surface area contributed by atoms with Gasteiger partial charge in [-0.25, -0.2) is 0 Å². The second-order valence-corrected chi connectivity index (χ2v) is 10.4. The number of likely N-dealkylation sites (tertiary alicyclic amines) is 1. The first-order valence-corrected chi connectivity index (χ1v) is 13.8. The number of amides is 2. The molecule has 5 rings (SSSR count). The first-order valence-electron chi connectivity index (χ1n) is 13.8. The van der Waals surface area contributed by atoms with E-state index in [0.717, 1.165) is 37.2 Å². The standard InChI is InChI=1S/C31H32F3N5O4/c32-31(33,34)43-24-12-10-22(11-13-24)37-30(41)29(36-15-16-39-18-25-17-23(39)19-42-25)21-8-5-20(6-9-21)7-14-28(40)38-27-4-2-1-3-26(27)35/h1-14,23,25,29,36H,15-19,35H2,(H,37,41)(H,38,40)/t23-,25-,29?/m0/s1. The zero-order chi connectivity index (χ0) is 30.4. The summed E-state index contributed by atoms with van der Waals surface area (Å²) in [5.74, 6) is -1.10. The molecule has 3 aromatic carbocycles. The maximum Gasteiger partial charge on any atom is 0.573 e. The van der Waals surface area contributed by atoms with Crippen molar-refractivity contribution >= 4 is 35.0 Å². The minimum absolute atomic E-state index is 0.265. The van der Waals surface area contributed by atoms with Crippen molar-refractivity contribution in [3.05, 3.63) is 90.0 Å². The topological polar surface area (TPSA) is 118 Å². The number of carbonyl (C=O) groups excluding carboxylic acids is 2. The number of para-hydroxylation sites is 2. The lowest BCUT2D eigenvalue weighted by molar-refractivity contribution is -0.274. The van der Waals surface area contributed by atoms with Gasteiger partial charge in [0.2, 0.25) is 11.8 Å². The fourth-order valence-electron chi connectivity index (χ4n) is 5.18. The number of rotatable bonds is 11. The monoisotopic (exact) mass is 595 g/mol. The first-order chi connectivity index (χ1) is 20.6. The van der Waals surface area contributed by atoms with Crippen molar-refractivity contribution in [1.29, 1.82) is 0 Å². The van der Waals surface area contributed by atoms with Crippen molar-refractivity contribution in [3.8, 4) is 5.75 Å². The van der Waals surface area contributed by atoms with E-state index >= 15 is 0 Å². The van der Waals surface area contributed by atoms with Crippen LogP contribution < -0.4 is 26.4 Å². The molecule has 0 spiro atoms. The molecule has 2 saturated heterocycles. The van der Waals surface area contributed by atoms with Crippen LogP contribution in [0.1, 0.15) is 23.6 Å². The summed E-state index contributed by atoms with van der Waals surface area (Å²) in [4.78, 5) is 28.1. The second-order valence-electron chi connectivity index (χ2n) is 10.4. The Balaban J connectivity index is 1.24. The third-order valence-corrected chi connectivity index (χ3v) is 7.29. The average molecular weight is 596 g/mol. The number of alkyl halides is 3. The molecule has 12 heteroatoms. The molecule has 0 aromatic heterocycles. The van der Waals surface area contributed by atoms with Crippen LogP contribution in [-0.4, -0.2) is 61.5 Å². The molecule has 9 nitrogen and oxygen atoms in total. The number of hydrogen-bond acceptors (Lipinski definition) is 7. The zero-order valence-electron chi connectivity index (χ0n) is 23.1. The van der Waals surface area contributed by atoms with Gasteiger partial charge in [0.25, 0.3) is 0 Å².